The zero-order chi connectivity index (χ0) is 13.7. The zero-order valence-corrected chi connectivity index (χ0v) is 13.0. The van der Waals surface area contributed by atoms with Gasteiger partial charge in [0.15, 0.2) is 0 Å². The van der Waals surface area contributed by atoms with Crippen molar-refractivity contribution in [3.8, 4) is 0 Å². The molecule has 0 amide bonds. The maximum Gasteiger partial charge on any atom is 0.0860 e. The Kier molecular flexibility index (Phi) is 5.74. The van der Waals surface area contributed by atoms with Crippen LogP contribution in [0, 0.1) is 0 Å². The minimum atomic E-state index is 0.295. The number of nitrogens with one attached hydrogen (secondary N) is 1. The number of thioether (sulfide) groups is 1. The van der Waals surface area contributed by atoms with E-state index in [-0.39, 0.29) is 0 Å². The van der Waals surface area contributed by atoms with Crippen molar-refractivity contribution in [3.63, 3.8) is 0 Å². The van der Waals surface area contributed by atoms with Crippen molar-refractivity contribution in [2.24, 2.45) is 0 Å². The molecule has 3 heteroatoms. The lowest BCUT2D eigenvalue weighted by atomic mass is 9.97. The largest absolute Gasteiger partial charge is 0.375 e. The van der Waals surface area contributed by atoms with E-state index in [2.05, 4.69) is 50.4 Å². The fraction of sp³-hybridized carbons (Fsp3) is 0.625. The first-order valence-corrected chi connectivity index (χ1v) is 8.40. The Morgan fingerprint density at radius 1 is 1.26 bits per heavy atom. The van der Waals surface area contributed by atoms with Gasteiger partial charge in [0.05, 0.1) is 18.8 Å². The van der Waals surface area contributed by atoms with Crippen molar-refractivity contribution in [1.29, 1.82) is 0 Å². The van der Waals surface area contributed by atoms with Gasteiger partial charge in [0.1, 0.15) is 0 Å². The molecule has 2 unspecified atom stereocenters. The molecule has 2 nitrogen and oxygen atoms in total. The van der Waals surface area contributed by atoms with Crippen LogP contribution in [-0.4, -0.2) is 30.8 Å². The van der Waals surface area contributed by atoms with Crippen molar-refractivity contribution in [2.75, 3.05) is 24.7 Å². The van der Waals surface area contributed by atoms with Crippen LogP contribution in [0.2, 0.25) is 0 Å². The maximum atomic E-state index is 5.94. The highest BCUT2D eigenvalue weighted by Gasteiger charge is 2.25. The van der Waals surface area contributed by atoms with Crippen LogP contribution in [0.1, 0.15) is 43.9 Å². The molecule has 1 N–H and O–H groups in total. The molecule has 0 spiro atoms. The third-order valence-electron chi connectivity index (χ3n) is 3.60. The predicted molar refractivity (Wildman–Crippen MR) is 84.0 cm³/mol. The van der Waals surface area contributed by atoms with E-state index in [0.29, 0.717) is 18.1 Å². The van der Waals surface area contributed by atoms with Crippen molar-refractivity contribution in [1.82, 2.24) is 5.32 Å². The first-order chi connectivity index (χ1) is 9.22. The molecule has 1 heterocycles. The topological polar surface area (TPSA) is 21.3 Å². The van der Waals surface area contributed by atoms with E-state index in [1.54, 1.807) is 0 Å². The average Bonchev–Trinajstić information content (AvgIpc) is 2.46. The molecule has 1 aromatic carbocycles. The van der Waals surface area contributed by atoms with Crippen molar-refractivity contribution >= 4 is 11.8 Å². The summed E-state index contributed by atoms with van der Waals surface area (Å²) in [5, 5.41) is 3.58. The van der Waals surface area contributed by atoms with Gasteiger partial charge in [0, 0.05) is 11.5 Å². The van der Waals surface area contributed by atoms with Crippen LogP contribution in [0.25, 0.3) is 0 Å². The zero-order valence-electron chi connectivity index (χ0n) is 12.2. The minimum absolute atomic E-state index is 0.295. The van der Waals surface area contributed by atoms with E-state index in [9.17, 15) is 0 Å². The van der Waals surface area contributed by atoms with Gasteiger partial charge in [0.25, 0.3) is 0 Å². The highest BCUT2D eigenvalue weighted by molar-refractivity contribution is 7.99. The summed E-state index contributed by atoms with van der Waals surface area (Å²) >= 11 is 1.99. The number of ether oxygens (including phenoxy) is 1. The molecule has 0 saturated carbocycles. The first kappa shape index (κ1) is 14.9. The third-order valence-corrected chi connectivity index (χ3v) is 4.62. The van der Waals surface area contributed by atoms with E-state index >= 15 is 0 Å². The van der Waals surface area contributed by atoms with Crippen molar-refractivity contribution in [2.45, 2.75) is 38.8 Å². The monoisotopic (exact) mass is 279 g/mol. The molecule has 19 heavy (non-hydrogen) atoms. The second kappa shape index (κ2) is 7.32. The van der Waals surface area contributed by atoms with Crippen LogP contribution in [0.3, 0.4) is 0 Å². The second-order valence-corrected chi connectivity index (χ2v) is 6.49. The van der Waals surface area contributed by atoms with Gasteiger partial charge in [-0.1, -0.05) is 45.0 Å². The Morgan fingerprint density at radius 2 is 1.95 bits per heavy atom. The summed E-state index contributed by atoms with van der Waals surface area (Å²) < 4.78 is 5.94. The first-order valence-electron chi connectivity index (χ1n) is 7.25. The molecule has 0 radical (unpaired) electrons. The minimum Gasteiger partial charge on any atom is -0.375 e. The molecule has 1 saturated heterocycles. The van der Waals surface area contributed by atoms with Crippen LogP contribution < -0.4 is 5.32 Å². The summed E-state index contributed by atoms with van der Waals surface area (Å²) in [4.78, 5) is 0. The highest BCUT2D eigenvalue weighted by atomic mass is 32.2. The van der Waals surface area contributed by atoms with Crippen LogP contribution in [0.4, 0.5) is 0 Å². The number of hydrogen-bond donors (Lipinski definition) is 1. The molecule has 1 fully saturated rings. The number of benzene rings is 1. The van der Waals surface area contributed by atoms with Crippen LogP contribution in [0.15, 0.2) is 24.3 Å². The van der Waals surface area contributed by atoms with Gasteiger partial charge in [-0.15, -0.1) is 0 Å². The summed E-state index contributed by atoms with van der Waals surface area (Å²) in [6.07, 6.45) is 0.295. The summed E-state index contributed by atoms with van der Waals surface area (Å²) in [6.45, 7) is 8.48. The maximum absolute atomic E-state index is 5.94. The molecule has 0 aromatic heterocycles. The molecule has 1 aromatic rings. The smallest absolute Gasteiger partial charge is 0.0860 e. The van der Waals surface area contributed by atoms with Gasteiger partial charge in [-0.2, -0.15) is 11.8 Å². The lowest BCUT2D eigenvalue weighted by molar-refractivity contribution is 0.0472. The molecule has 2 rings (SSSR count). The number of rotatable bonds is 5. The SMILES string of the molecule is CCNC(c1ccc(C(C)C)cc1)C1CSCCO1. The summed E-state index contributed by atoms with van der Waals surface area (Å²) in [5.74, 6) is 2.80. The molecule has 1 aliphatic heterocycles. The summed E-state index contributed by atoms with van der Waals surface area (Å²) in [7, 11) is 0. The third kappa shape index (κ3) is 3.98. The van der Waals surface area contributed by atoms with Crippen LogP contribution in [-0.2, 0) is 4.74 Å². The Hall–Kier alpha value is -0.510. The van der Waals surface area contributed by atoms with E-state index < -0.39 is 0 Å². The predicted octanol–water partition coefficient (Wildman–Crippen LogP) is 3.59. The lowest BCUT2D eigenvalue weighted by Gasteiger charge is -2.31. The van der Waals surface area contributed by atoms with Gasteiger partial charge in [-0.25, -0.2) is 0 Å². The fourth-order valence-electron chi connectivity index (χ4n) is 2.47. The highest BCUT2D eigenvalue weighted by Crippen LogP contribution is 2.26. The van der Waals surface area contributed by atoms with Crippen molar-refractivity contribution < 1.29 is 4.74 Å². The molecule has 1 aliphatic rings. The van der Waals surface area contributed by atoms with Gasteiger partial charge in [0.2, 0.25) is 0 Å². The number of likely N-dealkylation sites (N-methyl/N-ethyl adjacent to an activating group) is 1. The fourth-order valence-corrected chi connectivity index (χ4v) is 3.37. The Balaban J connectivity index is 2.13. The van der Waals surface area contributed by atoms with Gasteiger partial charge in [-0.3, -0.25) is 0 Å². The molecule has 106 valence electrons. The van der Waals surface area contributed by atoms with E-state index in [1.165, 1.54) is 11.1 Å². The molecule has 0 aliphatic carbocycles. The summed E-state index contributed by atoms with van der Waals surface area (Å²) in [6, 6.07) is 9.33. The van der Waals surface area contributed by atoms with Gasteiger partial charge in [-0.05, 0) is 23.6 Å². The molecule has 2 atom stereocenters. The van der Waals surface area contributed by atoms with Crippen LogP contribution >= 0.6 is 11.8 Å². The van der Waals surface area contributed by atoms with Crippen molar-refractivity contribution in [3.05, 3.63) is 35.4 Å². The number of hydrogen-bond acceptors (Lipinski definition) is 3. The second-order valence-electron chi connectivity index (χ2n) is 5.34. The Labute approximate surface area is 121 Å². The van der Waals surface area contributed by atoms with E-state index in [0.717, 1.165) is 24.7 Å². The summed E-state index contributed by atoms with van der Waals surface area (Å²) in [5.41, 5.74) is 2.75. The van der Waals surface area contributed by atoms with Gasteiger partial charge < -0.3 is 10.1 Å². The van der Waals surface area contributed by atoms with Crippen LogP contribution in [0.5, 0.6) is 0 Å². The molecular weight excluding hydrogens is 254 g/mol. The standard InChI is InChI=1S/C16H25NOS/c1-4-17-16(15-11-19-10-9-18-15)14-7-5-13(6-8-14)12(2)3/h5-8,12,15-17H,4,9-11H2,1-3H3. The van der Waals surface area contributed by atoms with E-state index in [1.807, 2.05) is 11.8 Å². The van der Waals surface area contributed by atoms with E-state index in [4.69, 9.17) is 4.74 Å². The lowest BCUT2D eigenvalue weighted by Crippen LogP contribution is -2.38. The average molecular weight is 279 g/mol. The van der Waals surface area contributed by atoms with Gasteiger partial charge >= 0.3 is 0 Å². The normalized spacial score (nSPS) is 21.6. The molecule has 0 bridgehead atoms. The quantitative estimate of drug-likeness (QED) is 0.890. The molecular formula is C16H25NOS. The Bertz CT molecular complexity index is 371. The Morgan fingerprint density at radius 3 is 2.47 bits per heavy atom.